The number of benzene rings is 16. The first-order chi connectivity index (χ1) is 62.4. The van der Waals surface area contributed by atoms with Crippen LogP contribution < -0.4 is 19.3 Å². The van der Waals surface area contributed by atoms with Crippen LogP contribution in [0.25, 0.3) is 111 Å². The second-order valence-electron chi connectivity index (χ2n) is 38.9. The molecule has 0 atom stereocenters. The minimum Gasteiger partial charge on any atom is -0.457 e. The predicted molar refractivity (Wildman–Crippen MR) is 526 cm³/mol. The summed E-state index contributed by atoms with van der Waals surface area (Å²) in [6.07, 6.45) is 13.5. The highest BCUT2D eigenvalue weighted by atomic mass is 16.5. The van der Waals surface area contributed by atoms with Gasteiger partial charge in [0.15, 0.2) is 0 Å². The Bertz CT molecular complexity index is 7240. The van der Waals surface area contributed by atoms with Gasteiger partial charge in [0, 0.05) is 83.6 Å². The fraction of sp³-hybridized carbons (Fsp3) is 0.207. The van der Waals surface area contributed by atoms with Crippen LogP contribution in [0.4, 0.5) is 34.1 Å². The largest absolute Gasteiger partial charge is 0.457 e. The van der Waals surface area contributed by atoms with E-state index in [2.05, 4.69) is 411 Å². The van der Waals surface area contributed by atoms with Crippen molar-refractivity contribution in [2.45, 2.75) is 109 Å². The van der Waals surface area contributed by atoms with Crippen LogP contribution in [0.3, 0.4) is 0 Å². The van der Waals surface area contributed by atoms with Gasteiger partial charge in [-0.2, -0.15) is 0 Å². The molecule has 9 aliphatic rings. The number of para-hydroxylation sites is 5. The van der Waals surface area contributed by atoms with Gasteiger partial charge in [0.2, 0.25) is 0 Å². The lowest BCUT2D eigenvalue weighted by atomic mass is 9.50. The van der Waals surface area contributed by atoms with Crippen LogP contribution in [0.2, 0.25) is 0 Å². The first-order valence-corrected chi connectivity index (χ1v) is 46.7. The number of rotatable bonds is 18. The van der Waals surface area contributed by atoms with Crippen molar-refractivity contribution in [3.05, 3.63) is 397 Å². The van der Waals surface area contributed by atoms with Crippen molar-refractivity contribution in [2.24, 2.45) is 47.3 Å². The van der Waals surface area contributed by atoms with E-state index < -0.39 is 0 Å². The van der Waals surface area contributed by atoms with Gasteiger partial charge in [-0.05, 0) is 373 Å². The molecule has 8 fully saturated rings. The average molecular weight is 1640 g/mol. The SMILES string of the molecule is Cc1ccccc1Oc1ccc(N(c2ccc(-c3ccc(-n4c5ccccc5c5cc(-c6ccc7c(c6)-c6ccc(N(c8ccc(-c9ccc(-n%10c%11ccccc%11c%11ccccc%11%10)cc9)cc8)c8ccc(Oc9ccccc9C)c(C9C%10CC%11CC(C%10)CC9C%11)c8)cc6C7(C)C)ccc54)cc3)cc2)c2cccc(-c3ccccc3)c2)cc1C1C2CC3CC(C2)CC1C3. The van der Waals surface area contributed by atoms with Crippen molar-refractivity contribution in [2.75, 3.05) is 9.80 Å². The van der Waals surface area contributed by atoms with Crippen LogP contribution in [0, 0.1) is 61.2 Å². The maximum absolute atomic E-state index is 7.16. The van der Waals surface area contributed by atoms with E-state index in [9.17, 15) is 0 Å². The zero-order valence-electron chi connectivity index (χ0n) is 72.6. The number of ether oxygens (including phenoxy) is 2. The second-order valence-corrected chi connectivity index (χ2v) is 38.9. The van der Waals surface area contributed by atoms with E-state index in [1.165, 1.54) is 186 Å². The van der Waals surface area contributed by atoms with E-state index in [-0.39, 0.29) is 5.41 Å². The van der Waals surface area contributed by atoms with Gasteiger partial charge in [-0.3, -0.25) is 0 Å². The molecule has 16 aromatic carbocycles. The molecule has 8 saturated carbocycles. The fourth-order valence-corrected chi connectivity index (χ4v) is 25.8. The molecular formula is C121H102N4O2. The molecule has 2 heterocycles. The smallest absolute Gasteiger partial charge is 0.131 e. The summed E-state index contributed by atoms with van der Waals surface area (Å²) in [7, 11) is 0. The lowest BCUT2D eigenvalue weighted by molar-refractivity contribution is -0.00339. The van der Waals surface area contributed by atoms with E-state index in [0.717, 1.165) is 103 Å². The third-order valence-corrected chi connectivity index (χ3v) is 31.2. The lowest BCUT2D eigenvalue weighted by Gasteiger charge is -2.54. The summed E-state index contributed by atoms with van der Waals surface area (Å²) >= 11 is 0. The Morgan fingerprint density at radius 1 is 0.252 bits per heavy atom. The van der Waals surface area contributed by atoms with E-state index in [0.29, 0.717) is 35.5 Å². The van der Waals surface area contributed by atoms with Crippen molar-refractivity contribution in [1.82, 2.24) is 9.13 Å². The van der Waals surface area contributed by atoms with Gasteiger partial charge < -0.3 is 28.4 Å². The minimum absolute atomic E-state index is 0.283. The van der Waals surface area contributed by atoms with Gasteiger partial charge in [-0.25, -0.2) is 0 Å². The average Bonchev–Trinajstić information content (AvgIpc) is 1.72. The Kier molecular flexibility index (Phi) is 18.1. The van der Waals surface area contributed by atoms with Gasteiger partial charge in [0.05, 0.1) is 22.1 Å². The first-order valence-electron chi connectivity index (χ1n) is 46.7. The van der Waals surface area contributed by atoms with Crippen molar-refractivity contribution in [3.63, 3.8) is 0 Å². The van der Waals surface area contributed by atoms with Crippen molar-refractivity contribution in [3.8, 4) is 90.0 Å². The van der Waals surface area contributed by atoms with E-state index in [1.807, 2.05) is 0 Å². The van der Waals surface area contributed by atoms with Gasteiger partial charge in [-0.15, -0.1) is 0 Å². The third-order valence-electron chi connectivity index (χ3n) is 31.2. The number of aryl methyl sites for hydroxylation is 2. The standard InChI is InChI=1S/C121H102N4O2/c1-75-19-8-16-31-115(75)126-117-57-52-98(72-107(117)119-89-61-77-59-78(63-89)64-90(119)62-77)122(97-24-18-23-86(69-97)81-21-6-5-7-22-81)93-43-33-82(34-44-93)85-39-49-96(50-40-85)125-113-30-15-12-27-104(113)106-71-88(42-56-114(106)125)87-41-55-109-105(70-87)101-54-51-100(74-110(101)121(109,3)4)123(99-53-58-118(127-116-32-17-9-20-76(116)2)108(73-99)120-91-65-79-60-80(67-91)68-92(120)66-79)94-45-35-83(36-46-94)84-37-47-95(48-38-84)124-111-28-13-10-25-102(111)103-26-11-14-29-112(103)124/h5-58,69-74,77-80,89-92,119-120H,59-68H2,1-4H3. The third kappa shape index (κ3) is 13.0. The van der Waals surface area contributed by atoms with Gasteiger partial charge >= 0.3 is 0 Å². The van der Waals surface area contributed by atoms with Crippen LogP contribution in [-0.2, 0) is 5.41 Å². The molecule has 8 bridgehead atoms. The van der Waals surface area contributed by atoms with Crippen LogP contribution in [0.15, 0.2) is 364 Å². The fourth-order valence-electron chi connectivity index (χ4n) is 25.8. The summed E-state index contributed by atoms with van der Waals surface area (Å²) in [6.45, 7) is 9.20. The molecule has 6 heteroatoms. The minimum atomic E-state index is -0.283. The van der Waals surface area contributed by atoms with Crippen molar-refractivity contribution in [1.29, 1.82) is 0 Å². The number of nitrogens with zero attached hydrogens (tertiary/aromatic N) is 4. The molecule has 0 saturated heterocycles. The Morgan fingerprint density at radius 2 is 0.614 bits per heavy atom. The Labute approximate surface area is 745 Å². The normalized spacial score (nSPS) is 20.8. The summed E-state index contributed by atoms with van der Waals surface area (Å²) in [5.41, 5.74) is 33.4. The maximum Gasteiger partial charge on any atom is 0.131 e. The van der Waals surface area contributed by atoms with Crippen molar-refractivity contribution >= 4 is 77.7 Å². The summed E-state index contributed by atoms with van der Waals surface area (Å²) in [4.78, 5) is 5.02. The van der Waals surface area contributed by atoms with Gasteiger partial charge in [0.1, 0.15) is 23.0 Å². The highest BCUT2D eigenvalue weighted by molar-refractivity contribution is 6.11. The summed E-state index contributed by atoms with van der Waals surface area (Å²) in [5.74, 6) is 10.9. The zero-order valence-corrected chi connectivity index (χ0v) is 72.6. The molecule has 6 nitrogen and oxygen atoms in total. The highest BCUT2D eigenvalue weighted by Crippen LogP contribution is 2.64. The molecule has 0 radical (unpaired) electrons. The van der Waals surface area contributed by atoms with E-state index >= 15 is 0 Å². The molecule has 9 aliphatic carbocycles. The van der Waals surface area contributed by atoms with Crippen LogP contribution in [0.1, 0.15) is 123 Å². The highest BCUT2D eigenvalue weighted by Gasteiger charge is 2.51. The van der Waals surface area contributed by atoms with Gasteiger partial charge in [0.25, 0.3) is 0 Å². The molecule has 0 amide bonds. The summed E-state index contributed by atoms with van der Waals surface area (Å²) in [6, 6.07) is 136. The molecule has 27 rings (SSSR count). The number of fused-ring (bicyclic) bond motifs is 9. The van der Waals surface area contributed by atoms with Crippen molar-refractivity contribution < 1.29 is 9.47 Å². The molecule has 2 aromatic heterocycles. The number of anilines is 6. The molecule has 618 valence electrons. The predicted octanol–water partition coefficient (Wildman–Crippen LogP) is 33.1. The number of hydrogen-bond donors (Lipinski definition) is 0. The number of aromatic nitrogens is 2. The second kappa shape index (κ2) is 30.3. The molecule has 127 heavy (non-hydrogen) atoms. The van der Waals surface area contributed by atoms with E-state index in [1.54, 1.807) is 0 Å². The zero-order chi connectivity index (χ0) is 84.3. The molecule has 0 N–H and O–H groups in total. The molecular weight excluding hydrogens is 1540 g/mol. The van der Waals surface area contributed by atoms with Gasteiger partial charge in [-0.1, -0.05) is 220 Å². The summed E-state index contributed by atoms with van der Waals surface area (Å²) < 4.78 is 19.1. The molecule has 18 aromatic rings. The monoisotopic (exact) mass is 1640 g/mol. The first kappa shape index (κ1) is 75.8. The summed E-state index contributed by atoms with van der Waals surface area (Å²) in [5, 5.41) is 5.01. The maximum atomic E-state index is 7.16. The molecule has 0 aliphatic heterocycles. The van der Waals surface area contributed by atoms with E-state index in [4.69, 9.17) is 9.47 Å². The molecule has 0 spiro atoms. The van der Waals surface area contributed by atoms with Crippen LogP contribution in [-0.4, -0.2) is 9.13 Å². The van der Waals surface area contributed by atoms with Crippen LogP contribution in [0.5, 0.6) is 23.0 Å². The Balaban J connectivity index is 0.536. The van der Waals surface area contributed by atoms with Crippen LogP contribution >= 0.6 is 0 Å². The lowest BCUT2D eigenvalue weighted by Crippen LogP contribution is -2.43. The molecule has 0 unspecified atom stereocenters. The Hall–Kier alpha value is -13.7. The Morgan fingerprint density at radius 3 is 1.10 bits per heavy atom. The quantitative estimate of drug-likeness (QED) is 0.0858. The number of hydrogen-bond acceptors (Lipinski definition) is 4. The topological polar surface area (TPSA) is 34.8 Å².